The third-order valence-corrected chi connectivity index (χ3v) is 5.57. The molecule has 3 heterocycles. The summed E-state index contributed by atoms with van der Waals surface area (Å²) in [6.45, 7) is 4.49. The molecule has 30 heavy (non-hydrogen) atoms. The monoisotopic (exact) mass is 411 g/mol. The number of carbonyl (C=O) groups excluding carboxylic acids is 1. The van der Waals surface area contributed by atoms with Gasteiger partial charge in [0, 0.05) is 50.8 Å². The quantitative estimate of drug-likeness (QED) is 0.597. The standard InChI is InChI=1S/C21H25N5O4/c1-24-7-9-25(10-8-24)13-18(27)14-3-5-15(6-4-14)26-11-16-19(22-23-20(16)28)17(12-26)21(29)30-2/h3-6,11-12,18,27H,7-10,13H2,1-2H3,(H,23,28)/t18-/m0/s1. The third kappa shape index (κ3) is 4.00. The van der Waals surface area contributed by atoms with Crippen LogP contribution in [0.1, 0.15) is 22.0 Å². The Morgan fingerprint density at radius 1 is 1.20 bits per heavy atom. The van der Waals surface area contributed by atoms with E-state index in [1.165, 1.54) is 7.11 Å². The minimum absolute atomic E-state index is 0.201. The van der Waals surface area contributed by atoms with Crippen LogP contribution >= 0.6 is 0 Å². The number of piperazine rings is 1. The molecule has 1 aromatic carbocycles. The van der Waals surface area contributed by atoms with Gasteiger partial charge < -0.3 is 19.3 Å². The number of H-pyrrole nitrogens is 1. The van der Waals surface area contributed by atoms with Crippen LogP contribution in [0.25, 0.3) is 16.9 Å². The molecule has 3 aliphatic heterocycles. The second-order valence-corrected chi connectivity index (χ2v) is 7.60. The number of pyridine rings is 1. The van der Waals surface area contributed by atoms with Crippen molar-refractivity contribution in [1.82, 2.24) is 24.6 Å². The lowest BCUT2D eigenvalue weighted by molar-refractivity contribution is 0.0600. The Balaban J connectivity index is 1.57. The fourth-order valence-corrected chi connectivity index (χ4v) is 3.69. The van der Waals surface area contributed by atoms with Crippen LogP contribution in [-0.2, 0) is 4.74 Å². The summed E-state index contributed by atoms with van der Waals surface area (Å²) in [6.07, 6.45) is 2.63. The number of hydrogen-bond donors (Lipinski definition) is 2. The highest BCUT2D eigenvalue weighted by Crippen LogP contribution is 2.24. The van der Waals surface area contributed by atoms with Crippen molar-refractivity contribution in [2.75, 3.05) is 46.9 Å². The van der Waals surface area contributed by atoms with Crippen LogP contribution < -0.4 is 5.56 Å². The van der Waals surface area contributed by atoms with E-state index in [0.717, 1.165) is 37.4 Å². The molecule has 0 radical (unpaired) electrons. The Kier molecular flexibility index (Phi) is 5.67. The third-order valence-electron chi connectivity index (χ3n) is 5.57. The average molecular weight is 411 g/mol. The van der Waals surface area contributed by atoms with Gasteiger partial charge in [-0.15, -0.1) is 0 Å². The molecule has 3 aliphatic rings. The van der Waals surface area contributed by atoms with E-state index in [1.807, 2.05) is 24.3 Å². The lowest BCUT2D eigenvalue weighted by atomic mass is 10.1. The van der Waals surface area contributed by atoms with Crippen molar-refractivity contribution >= 4 is 5.97 Å². The zero-order valence-corrected chi connectivity index (χ0v) is 17.0. The normalized spacial score (nSPS) is 16.6. The first-order chi connectivity index (χ1) is 14.5. The highest BCUT2D eigenvalue weighted by atomic mass is 16.5. The molecule has 0 spiro atoms. The second-order valence-electron chi connectivity index (χ2n) is 7.60. The number of fused-ring (bicyclic) bond motifs is 1. The van der Waals surface area contributed by atoms with Gasteiger partial charge in [0.05, 0.1) is 18.8 Å². The summed E-state index contributed by atoms with van der Waals surface area (Å²) in [5.41, 5.74) is 1.98. The number of aliphatic hydroxyl groups is 1. The fraction of sp³-hybridized carbons (Fsp3) is 0.381. The lowest BCUT2D eigenvalue weighted by Gasteiger charge is -2.33. The first kappa shape index (κ1) is 20.3. The number of nitrogens with zero attached hydrogens (tertiary/aromatic N) is 4. The molecule has 158 valence electrons. The number of aromatic amines is 1. The maximum atomic E-state index is 12.1. The number of rotatable bonds is 5. The van der Waals surface area contributed by atoms with Crippen LogP contribution in [-0.4, -0.2) is 82.5 Å². The number of β-amino-alcohol motifs (C(OH)–C–C–N with tert-alkyl or cyclic N) is 1. The summed E-state index contributed by atoms with van der Waals surface area (Å²) in [5.74, 6) is -0.569. The zero-order chi connectivity index (χ0) is 21.3. The van der Waals surface area contributed by atoms with Gasteiger partial charge >= 0.3 is 5.97 Å². The smallest absolute Gasteiger partial charge is 0.341 e. The molecule has 9 heteroatoms. The highest BCUT2D eigenvalue weighted by molar-refractivity contribution is 5.96. The molecule has 0 saturated carbocycles. The van der Waals surface area contributed by atoms with E-state index >= 15 is 0 Å². The van der Waals surface area contributed by atoms with Crippen LogP contribution in [0.5, 0.6) is 0 Å². The summed E-state index contributed by atoms with van der Waals surface area (Å²) in [6, 6.07) is 7.41. The van der Waals surface area contributed by atoms with Crippen molar-refractivity contribution < 1.29 is 14.6 Å². The minimum atomic E-state index is -0.581. The molecule has 1 saturated heterocycles. The van der Waals surface area contributed by atoms with Crippen molar-refractivity contribution in [2.24, 2.45) is 0 Å². The second kappa shape index (κ2) is 8.39. The SMILES string of the molecule is COC(=O)c1cn(-c2ccc([C@@H](O)CN3CCN(C)CC3)cc2)cc2c(=O)[nH]nc1-2. The largest absolute Gasteiger partial charge is 0.465 e. The molecule has 1 aromatic rings. The molecular formula is C21H25N5O4. The molecule has 1 atom stereocenters. The molecule has 1 fully saturated rings. The van der Waals surface area contributed by atoms with Gasteiger partial charge in [-0.2, -0.15) is 5.10 Å². The van der Waals surface area contributed by atoms with Crippen LogP contribution in [0.2, 0.25) is 0 Å². The summed E-state index contributed by atoms with van der Waals surface area (Å²) in [4.78, 5) is 28.7. The molecule has 0 unspecified atom stereocenters. The van der Waals surface area contributed by atoms with Crippen molar-refractivity contribution in [2.45, 2.75) is 6.10 Å². The van der Waals surface area contributed by atoms with Gasteiger partial charge in [0.25, 0.3) is 5.56 Å². The van der Waals surface area contributed by atoms with E-state index in [1.54, 1.807) is 17.0 Å². The van der Waals surface area contributed by atoms with E-state index in [-0.39, 0.29) is 16.8 Å². The van der Waals surface area contributed by atoms with Gasteiger partial charge in [0.2, 0.25) is 0 Å². The van der Waals surface area contributed by atoms with E-state index in [2.05, 4.69) is 27.0 Å². The Morgan fingerprint density at radius 2 is 1.90 bits per heavy atom. The van der Waals surface area contributed by atoms with Crippen LogP contribution in [0.3, 0.4) is 0 Å². The number of likely N-dealkylation sites (N-methyl/N-ethyl adjacent to an activating group) is 1. The van der Waals surface area contributed by atoms with Crippen LogP contribution in [0, 0.1) is 0 Å². The van der Waals surface area contributed by atoms with Crippen molar-refractivity contribution in [3.05, 3.63) is 58.1 Å². The van der Waals surface area contributed by atoms with Gasteiger partial charge in [-0.05, 0) is 24.7 Å². The van der Waals surface area contributed by atoms with E-state index in [9.17, 15) is 14.7 Å². The molecule has 0 bridgehead atoms. The summed E-state index contributed by atoms with van der Waals surface area (Å²) in [5, 5.41) is 16.9. The van der Waals surface area contributed by atoms with Gasteiger partial charge in [0.1, 0.15) is 11.3 Å². The lowest BCUT2D eigenvalue weighted by Crippen LogP contribution is -2.45. The van der Waals surface area contributed by atoms with Gasteiger partial charge in [-0.1, -0.05) is 12.1 Å². The summed E-state index contributed by atoms with van der Waals surface area (Å²) >= 11 is 0. The summed E-state index contributed by atoms with van der Waals surface area (Å²) < 4.78 is 6.51. The van der Waals surface area contributed by atoms with E-state index in [4.69, 9.17) is 4.74 Å². The van der Waals surface area contributed by atoms with Gasteiger partial charge in [0.15, 0.2) is 0 Å². The number of esters is 1. The van der Waals surface area contributed by atoms with Gasteiger partial charge in [-0.3, -0.25) is 9.69 Å². The number of hydrogen-bond acceptors (Lipinski definition) is 7. The highest BCUT2D eigenvalue weighted by Gasteiger charge is 2.22. The maximum Gasteiger partial charge on any atom is 0.341 e. The van der Waals surface area contributed by atoms with Crippen molar-refractivity contribution in [3.63, 3.8) is 0 Å². The summed E-state index contributed by atoms with van der Waals surface area (Å²) in [7, 11) is 3.39. The van der Waals surface area contributed by atoms with Crippen molar-refractivity contribution in [1.29, 1.82) is 0 Å². The first-order valence-electron chi connectivity index (χ1n) is 9.84. The van der Waals surface area contributed by atoms with E-state index < -0.39 is 12.1 Å². The first-order valence-corrected chi connectivity index (χ1v) is 9.84. The average Bonchev–Trinajstić information content (AvgIpc) is 3.15. The minimum Gasteiger partial charge on any atom is -0.465 e. The molecule has 9 nitrogen and oxygen atoms in total. The number of aromatic nitrogens is 3. The van der Waals surface area contributed by atoms with Crippen LogP contribution in [0.15, 0.2) is 41.5 Å². The van der Waals surface area contributed by atoms with Gasteiger partial charge in [-0.25, -0.2) is 9.89 Å². The Labute approximate surface area is 173 Å². The maximum absolute atomic E-state index is 12.1. The molecule has 0 amide bonds. The molecule has 0 aliphatic carbocycles. The predicted molar refractivity (Wildman–Crippen MR) is 111 cm³/mol. The number of ether oxygens (including phenoxy) is 1. The Hall–Kier alpha value is -3.01. The Morgan fingerprint density at radius 3 is 2.57 bits per heavy atom. The van der Waals surface area contributed by atoms with Crippen molar-refractivity contribution in [3.8, 4) is 16.9 Å². The topological polar surface area (TPSA) is 104 Å². The Bertz CT molecular complexity index is 1050. The van der Waals surface area contributed by atoms with Crippen LogP contribution in [0.4, 0.5) is 0 Å². The molecule has 2 N–H and O–H groups in total. The zero-order valence-electron chi connectivity index (χ0n) is 17.0. The number of carbonyl (C=O) groups is 1. The molecule has 4 rings (SSSR count). The number of methoxy groups -OCH3 is 1. The predicted octanol–water partition coefficient (Wildman–Crippen LogP) is 0.733. The molecule has 0 aromatic heterocycles. The number of aliphatic hydroxyl groups excluding tert-OH is 1. The fourth-order valence-electron chi connectivity index (χ4n) is 3.69. The molecular weight excluding hydrogens is 386 g/mol. The van der Waals surface area contributed by atoms with E-state index in [0.29, 0.717) is 12.1 Å². The number of benzene rings is 1. The number of nitrogens with one attached hydrogen (secondary N) is 1.